The maximum atomic E-state index is 12.0. The minimum atomic E-state index is -0.631. The average Bonchev–Trinajstić information content (AvgIpc) is 2.72. The second-order valence-electron chi connectivity index (χ2n) is 6.31. The zero-order valence-corrected chi connectivity index (χ0v) is 16.6. The zero-order chi connectivity index (χ0) is 20.4. The number of para-hydroxylation sites is 2. The lowest BCUT2D eigenvalue weighted by Gasteiger charge is -2.12. The Hall–Kier alpha value is -3.02. The molecule has 0 aliphatic carbocycles. The molecule has 1 atom stereocenters. The highest BCUT2D eigenvalue weighted by atomic mass is 16.6. The second-order valence-corrected chi connectivity index (χ2v) is 6.31. The van der Waals surface area contributed by atoms with Gasteiger partial charge < -0.3 is 19.5 Å². The molecule has 0 aliphatic heterocycles. The summed E-state index contributed by atoms with van der Waals surface area (Å²) >= 11 is 0. The van der Waals surface area contributed by atoms with Gasteiger partial charge in [-0.15, -0.1) is 0 Å². The molecule has 6 nitrogen and oxygen atoms in total. The van der Waals surface area contributed by atoms with Crippen molar-refractivity contribution < 1.29 is 23.8 Å². The van der Waals surface area contributed by atoms with Crippen LogP contribution in [0.1, 0.15) is 38.7 Å². The van der Waals surface area contributed by atoms with Gasteiger partial charge in [0.25, 0.3) is 5.91 Å². The number of benzene rings is 2. The fourth-order valence-electron chi connectivity index (χ4n) is 2.50. The number of carbonyl (C=O) groups is 2. The molecule has 0 fully saturated rings. The smallest absolute Gasteiger partial charge is 0.344 e. The van der Waals surface area contributed by atoms with Crippen molar-refractivity contribution in [2.24, 2.45) is 0 Å². The fourth-order valence-corrected chi connectivity index (χ4v) is 2.50. The third-order valence-electron chi connectivity index (χ3n) is 4.23. The topological polar surface area (TPSA) is 73.9 Å². The van der Waals surface area contributed by atoms with E-state index in [9.17, 15) is 9.59 Å². The molecule has 1 N–H and O–H groups in total. The van der Waals surface area contributed by atoms with Crippen LogP contribution in [0.2, 0.25) is 0 Å². The van der Waals surface area contributed by atoms with E-state index in [1.165, 1.54) is 5.56 Å². The number of amides is 1. The van der Waals surface area contributed by atoms with Crippen LogP contribution in [0.25, 0.3) is 0 Å². The molecule has 0 heterocycles. The summed E-state index contributed by atoms with van der Waals surface area (Å²) in [6.45, 7) is 5.96. The predicted molar refractivity (Wildman–Crippen MR) is 108 cm³/mol. The number of ether oxygens (including phenoxy) is 3. The van der Waals surface area contributed by atoms with Gasteiger partial charge in [-0.25, -0.2) is 4.79 Å². The van der Waals surface area contributed by atoms with E-state index in [0.29, 0.717) is 29.7 Å². The maximum Gasteiger partial charge on any atom is 0.344 e. The van der Waals surface area contributed by atoms with Crippen molar-refractivity contribution in [3.05, 3.63) is 54.1 Å². The molecule has 0 aromatic heterocycles. The van der Waals surface area contributed by atoms with Gasteiger partial charge in [0.05, 0.1) is 6.61 Å². The van der Waals surface area contributed by atoms with E-state index in [2.05, 4.69) is 19.2 Å². The fraction of sp³-hybridized carbons (Fsp3) is 0.364. The molecule has 0 saturated carbocycles. The molecule has 6 heteroatoms. The first-order valence-electron chi connectivity index (χ1n) is 9.43. The summed E-state index contributed by atoms with van der Waals surface area (Å²) in [5.41, 5.74) is 1.88. The summed E-state index contributed by atoms with van der Waals surface area (Å²) in [5.74, 6) is 0.440. The highest BCUT2D eigenvalue weighted by molar-refractivity contribution is 5.92. The summed E-state index contributed by atoms with van der Waals surface area (Å²) in [6.07, 6.45) is 1.05. The van der Waals surface area contributed by atoms with Gasteiger partial charge in [-0.2, -0.15) is 0 Å². The molecule has 0 bridgehead atoms. The lowest BCUT2D eigenvalue weighted by molar-refractivity contribution is -0.149. The third kappa shape index (κ3) is 6.61. The van der Waals surface area contributed by atoms with Crippen molar-refractivity contribution >= 4 is 17.6 Å². The molecule has 28 heavy (non-hydrogen) atoms. The summed E-state index contributed by atoms with van der Waals surface area (Å²) in [6, 6.07) is 14.7. The van der Waals surface area contributed by atoms with Gasteiger partial charge in [-0.1, -0.05) is 38.1 Å². The normalized spacial score (nSPS) is 11.4. The summed E-state index contributed by atoms with van der Waals surface area (Å²) < 4.78 is 15.8. The Kier molecular flexibility index (Phi) is 8.34. The first-order valence-corrected chi connectivity index (χ1v) is 9.43. The van der Waals surface area contributed by atoms with Crippen molar-refractivity contribution in [1.29, 1.82) is 0 Å². The highest BCUT2D eigenvalue weighted by Crippen LogP contribution is 2.26. The molecule has 150 valence electrons. The maximum absolute atomic E-state index is 12.0. The van der Waals surface area contributed by atoms with Crippen molar-refractivity contribution in [1.82, 2.24) is 0 Å². The van der Waals surface area contributed by atoms with Crippen molar-refractivity contribution in [3.8, 4) is 11.5 Å². The van der Waals surface area contributed by atoms with Gasteiger partial charge in [-0.3, -0.25) is 4.79 Å². The Bertz CT molecular complexity index is 773. The Morgan fingerprint density at radius 3 is 2.18 bits per heavy atom. The molecule has 1 amide bonds. The number of nitrogens with one attached hydrogen (secondary N) is 1. The Labute approximate surface area is 165 Å². The van der Waals surface area contributed by atoms with Crippen LogP contribution in [-0.2, 0) is 14.3 Å². The molecule has 0 radical (unpaired) electrons. The molecule has 0 aliphatic rings. The average molecular weight is 385 g/mol. The largest absolute Gasteiger partial charge is 0.490 e. The van der Waals surface area contributed by atoms with Gasteiger partial charge in [-0.05, 0) is 49.1 Å². The van der Waals surface area contributed by atoms with Crippen LogP contribution >= 0.6 is 0 Å². The first kappa shape index (κ1) is 21.3. The van der Waals surface area contributed by atoms with E-state index in [4.69, 9.17) is 14.2 Å². The number of anilines is 1. The quantitative estimate of drug-likeness (QED) is 0.622. The van der Waals surface area contributed by atoms with Crippen LogP contribution in [0.4, 0.5) is 5.69 Å². The van der Waals surface area contributed by atoms with Gasteiger partial charge in [0, 0.05) is 5.69 Å². The number of hydrogen-bond acceptors (Lipinski definition) is 5. The van der Waals surface area contributed by atoms with E-state index >= 15 is 0 Å². The molecular formula is C22H27NO5. The van der Waals surface area contributed by atoms with Gasteiger partial charge in [0.2, 0.25) is 0 Å². The molecule has 0 spiro atoms. The first-order chi connectivity index (χ1) is 13.5. The molecule has 0 saturated heterocycles. The molecule has 2 aromatic rings. The lowest BCUT2D eigenvalue weighted by atomic mass is 9.99. The van der Waals surface area contributed by atoms with Crippen LogP contribution in [0.3, 0.4) is 0 Å². The van der Waals surface area contributed by atoms with E-state index in [1.807, 2.05) is 37.3 Å². The number of carbonyl (C=O) groups excluding carboxylic acids is 2. The number of hydrogen-bond donors (Lipinski definition) is 1. The summed E-state index contributed by atoms with van der Waals surface area (Å²) in [5, 5.41) is 2.70. The van der Waals surface area contributed by atoms with Crippen LogP contribution in [0.5, 0.6) is 11.5 Å². The van der Waals surface area contributed by atoms with Crippen molar-refractivity contribution in [2.45, 2.75) is 33.1 Å². The Morgan fingerprint density at radius 1 is 0.929 bits per heavy atom. The van der Waals surface area contributed by atoms with Crippen molar-refractivity contribution in [2.75, 3.05) is 25.1 Å². The molecule has 2 rings (SSSR count). The van der Waals surface area contributed by atoms with E-state index in [1.54, 1.807) is 18.2 Å². The standard InChI is InChI=1S/C22H27NO5/c1-4-16(3)17-10-12-18(13-11-17)23-21(24)14-28-22(25)15-27-20-9-7-6-8-19(20)26-5-2/h6-13,16H,4-5,14-15H2,1-3H3,(H,23,24)/t16-/m1/s1. The zero-order valence-electron chi connectivity index (χ0n) is 16.6. The van der Waals surface area contributed by atoms with Crippen LogP contribution < -0.4 is 14.8 Å². The molecule has 0 unspecified atom stereocenters. The second kappa shape index (κ2) is 11.0. The molecular weight excluding hydrogens is 358 g/mol. The monoisotopic (exact) mass is 385 g/mol. The summed E-state index contributed by atoms with van der Waals surface area (Å²) in [7, 11) is 0. The number of rotatable bonds is 10. The van der Waals surface area contributed by atoms with Crippen LogP contribution in [0, 0.1) is 0 Å². The van der Waals surface area contributed by atoms with Crippen LogP contribution in [-0.4, -0.2) is 31.7 Å². The summed E-state index contributed by atoms with van der Waals surface area (Å²) in [4.78, 5) is 23.8. The SMILES string of the molecule is CCOc1ccccc1OCC(=O)OCC(=O)Nc1ccc([C@H](C)CC)cc1. The van der Waals surface area contributed by atoms with E-state index < -0.39 is 11.9 Å². The van der Waals surface area contributed by atoms with Gasteiger partial charge in [0.1, 0.15) is 0 Å². The highest BCUT2D eigenvalue weighted by Gasteiger charge is 2.11. The van der Waals surface area contributed by atoms with Gasteiger partial charge in [0.15, 0.2) is 24.7 Å². The van der Waals surface area contributed by atoms with Gasteiger partial charge >= 0.3 is 5.97 Å². The Balaban J connectivity index is 1.76. The number of esters is 1. The van der Waals surface area contributed by atoms with Crippen molar-refractivity contribution in [3.63, 3.8) is 0 Å². The van der Waals surface area contributed by atoms with E-state index in [-0.39, 0.29) is 13.2 Å². The Morgan fingerprint density at radius 2 is 1.57 bits per heavy atom. The lowest BCUT2D eigenvalue weighted by Crippen LogP contribution is -2.23. The minimum absolute atomic E-state index is 0.305. The minimum Gasteiger partial charge on any atom is -0.490 e. The predicted octanol–water partition coefficient (Wildman–Crippen LogP) is 4.16. The third-order valence-corrected chi connectivity index (χ3v) is 4.23. The van der Waals surface area contributed by atoms with Crippen LogP contribution in [0.15, 0.2) is 48.5 Å². The molecule has 2 aromatic carbocycles. The van der Waals surface area contributed by atoms with E-state index in [0.717, 1.165) is 6.42 Å².